The first kappa shape index (κ1) is 13.5. The van der Waals surface area contributed by atoms with E-state index in [1.807, 2.05) is 13.0 Å². The molecule has 1 saturated heterocycles. The van der Waals surface area contributed by atoms with Crippen LogP contribution in [0, 0.1) is 6.92 Å². The van der Waals surface area contributed by atoms with E-state index >= 15 is 0 Å². The van der Waals surface area contributed by atoms with Gasteiger partial charge in [0.25, 0.3) is 5.89 Å². The van der Waals surface area contributed by atoms with Crippen molar-refractivity contribution < 1.29 is 9.26 Å². The van der Waals surface area contributed by atoms with E-state index in [2.05, 4.69) is 22.0 Å². The van der Waals surface area contributed by atoms with E-state index in [1.165, 1.54) is 11.3 Å². The van der Waals surface area contributed by atoms with Gasteiger partial charge in [0.1, 0.15) is 6.10 Å². The third-order valence-corrected chi connectivity index (χ3v) is 4.32. The lowest BCUT2D eigenvalue weighted by molar-refractivity contribution is -0.0334. The van der Waals surface area contributed by atoms with Crippen molar-refractivity contribution in [1.82, 2.24) is 15.0 Å². The molecule has 0 aliphatic carbocycles. The van der Waals surface area contributed by atoms with Gasteiger partial charge in [-0.15, -0.1) is 11.3 Å². The highest BCUT2D eigenvalue weighted by Gasteiger charge is 2.26. The molecule has 0 bridgehead atoms. The van der Waals surface area contributed by atoms with E-state index in [-0.39, 0.29) is 6.10 Å². The van der Waals surface area contributed by atoms with Crippen LogP contribution in [0.15, 0.2) is 10.6 Å². The monoisotopic (exact) mass is 294 g/mol. The molecular formula is C13H18N4O2S. The van der Waals surface area contributed by atoms with E-state index in [9.17, 15) is 0 Å². The molecule has 2 N–H and O–H groups in total. The number of nitrogen functional groups attached to an aromatic ring is 1. The van der Waals surface area contributed by atoms with Crippen molar-refractivity contribution in [3.63, 3.8) is 0 Å². The lowest BCUT2D eigenvalue weighted by Gasteiger charge is -2.30. The molecule has 0 radical (unpaired) electrons. The van der Waals surface area contributed by atoms with Gasteiger partial charge in [0.15, 0.2) is 0 Å². The molecule has 7 heteroatoms. The maximum atomic E-state index is 5.96. The SMILES string of the molecule is CCN1CCOC(c2noc(-c3cc(C)sc3N)n2)C1. The minimum atomic E-state index is -0.123. The Kier molecular flexibility index (Phi) is 3.73. The minimum Gasteiger partial charge on any atom is -0.390 e. The van der Waals surface area contributed by atoms with Crippen LogP contribution in [-0.2, 0) is 4.74 Å². The Hall–Kier alpha value is -1.44. The largest absolute Gasteiger partial charge is 0.390 e. The third-order valence-electron chi connectivity index (χ3n) is 3.44. The highest BCUT2D eigenvalue weighted by atomic mass is 32.1. The third kappa shape index (κ3) is 2.56. The quantitative estimate of drug-likeness (QED) is 0.934. The lowest BCUT2D eigenvalue weighted by atomic mass is 10.2. The summed E-state index contributed by atoms with van der Waals surface area (Å²) in [5.41, 5.74) is 6.77. The number of aromatic nitrogens is 2. The first-order valence-corrected chi connectivity index (χ1v) is 7.53. The summed E-state index contributed by atoms with van der Waals surface area (Å²) in [4.78, 5) is 7.89. The number of nitrogens with two attached hydrogens (primary N) is 1. The zero-order valence-corrected chi connectivity index (χ0v) is 12.4. The number of nitrogens with zero attached hydrogens (tertiary/aromatic N) is 3. The zero-order chi connectivity index (χ0) is 14.1. The molecule has 2 aromatic heterocycles. The number of morpholine rings is 1. The number of likely N-dealkylation sites (N-methyl/N-ethyl adjacent to an activating group) is 1. The summed E-state index contributed by atoms with van der Waals surface area (Å²) in [6.07, 6.45) is -0.123. The topological polar surface area (TPSA) is 77.4 Å². The summed E-state index contributed by atoms with van der Waals surface area (Å²) < 4.78 is 11.1. The average molecular weight is 294 g/mol. The van der Waals surface area contributed by atoms with Gasteiger partial charge in [-0.3, -0.25) is 4.90 Å². The van der Waals surface area contributed by atoms with Crippen LogP contribution >= 0.6 is 11.3 Å². The van der Waals surface area contributed by atoms with Crippen LogP contribution in [0.5, 0.6) is 0 Å². The second-order valence-corrected chi connectivity index (χ2v) is 6.13. The number of hydrogen-bond donors (Lipinski definition) is 1. The van der Waals surface area contributed by atoms with Gasteiger partial charge in [-0.2, -0.15) is 4.98 Å². The molecule has 108 valence electrons. The molecule has 0 spiro atoms. The molecule has 3 rings (SSSR count). The van der Waals surface area contributed by atoms with Gasteiger partial charge >= 0.3 is 0 Å². The number of anilines is 1. The Labute approximate surface area is 121 Å². The highest BCUT2D eigenvalue weighted by molar-refractivity contribution is 7.16. The van der Waals surface area contributed by atoms with Gasteiger partial charge in [0, 0.05) is 18.0 Å². The van der Waals surface area contributed by atoms with Crippen molar-refractivity contribution in [3.8, 4) is 11.5 Å². The van der Waals surface area contributed by atoms with Gasteiger partial charge in [-0.25, -0.2) is 0 Å². The summed E-state index contributed by atoms with van der Waals surface area (Å²) in [5, 5.41) is 4.75. The van der Waals surface area contributed by atoms with Crippen molar-refractivity contribution in [1.29, 1.82) is 0 Å². The van der Waals surface area contributed by atoms with Crippen molar-refractivity contribution in [3.05, 3.63) is 16.8 Å². The second kappa shape index (κ2) is 5.51. The Bertz CT molecular complexity index is 595. The normalized spacial score (nSPS) is 20.4. The molecule has 1 unspecified atom stereocenters. The predicted octanol–water partition coefficient (Wildman–Crippen LogP) is 2.08. The maximum absolute atomic E-state index is 5.96. The lowest BCUT2D eigenvalue weighted by Crippen LogP contribution is -2.38. The molecule has 1 fully saturated rings. The van der Waals surface area contributed by atoms with E-state index < -0.39 is 0 Å². The smallest absolute Gasteiger partial charge is 0.261 e. The fourth-order valence-corrected chi connectivity index (χ4v) is 3.10. The number of rotatable bonds is 3. The van der Waals surface area contributed by atoms with E-state index in [4.69, 9.17) is 15.0 Å². The molecule has 6 nitrogen and oxygen atoms in total. The summed E-state index contributed by atoms with van der Waals surface area (Å²) in [6, 6.07) is 1.97. The molecule has 1 aliphatic rings. The Morgan fingerprint density at radius 2 is 2.40 bits per heavy atom. The fourth-order valence-electron chi connectivity index (χ4n) is 2.32. The van der Waals surface area contributed by atoms with E-state index in [1.54, 1.807) is 0 Å². The van der Waals surface area contributed by atoms with Gasteiger partial charge < -0.3 is 15.0 Å². The molecule has 1 aliphatic heterocycles. The second-order valence-electron chi connectivity index (χ2n) is 4.85. The van der Waals surface area contributed by atoms with E-state index in [0.29, 0.717) is 23.3 Å². The van der Waals surface area contributed by atoms with Crippen molar-refractivity contribution >= 4 is 16.3 Å². The molecule has 0 amide bonds. The van der Waals surface area contributed by atoms with Crippen molar-refractivity contribution in [2.24, 2.45) is 0 Å². The average Bonchev–Trinajstić information content (AvgIpc) is 3.05. The first-order valence-electron chi connectivity index (χ1n) is 6.71. The van der Waals surface area contributed by atoms with Crippen LogP contribution in [0.3, 0.4) is 0 Å². The highest BCUT2D eigenvalue weighted by Crippen LogP contribution is 2.33. The van der Waals surface area contributed by atoms with Crippen molar-refractivity contribution in [2.45, 2.75) is 20.0 Å². The number of hydrogen-bond acceptors (Lipinski definition) is 7. The summed E-state index contributed by atoms with van der Waals surface area (Å²) in [5.74, 6) is 1.07. The van der Waals surface area contributed by atoms with Gasteiger partial charge in [0.05, 0.1) is 17.2 Å². The van der Waals surface area contributed by atoms with Gasteiger partial charge in [-0.1, -0.05) is 12.1 Å². The van der Waals surface area contributed by atoms with Gasteiger partial charge in [0.2, 0.25) is 5.82 Å². The van der Waals surface area contributed by atoms with Crippen LogP contribution in [0.4, 0.5) is 5.00 Å². The van der Waals surface area contributed by atoms with Crippen LogP contribution in [0.25, 0.3) is 11.5 Å². The Morgan fingerprint density at radius 3 is 3.10 bits per heavy atom. The van der Waals surface area contributed by atoms with Crippen molar-refractivity contribution in [2.75, 3.05) is 32.0 Å². The van der Waals surface area contributed by atoms with E-state index in [0.717, 1.165) is 30.1 Å². The predicted molar refractivity (Wildman–Crippen MR) is 77.6 cm³/mol. The summed E-state index contributed by atoms with van der Waals surface area (Å²) in [6.45, 7) is 7.59. The Balaban J connectivity index is 1.81. The molecule has 20 heavy (non-hydrogen) atoms. The number of aryl methyl sites for hydroxylation is 1. The van der Waals surface area contributed by atoms with Crippen LogP contribution in [-0.4, -0.2) is 41.3 Å². The zero-order valence-electron chi connectivity index (χ0n) is 11.6. The first-order chi connectivity index (χ1) is 9.67. The fraction of sp³-hybridized carbons (Fsp3) is 0.538. The molecule has 3 heterocycles. The molecule has 0 aromatic carbocycles. The molecular weight excluding hydrogens is 276 g/mol. The molecule has 2 aromatic rings. The Morgan fingerprint density at radius 1 is 1.55 bits per heavy atom. The van der Waals surface area contributed by atoms with Crippen LogP contribution < -0.4 is 5.73 Å². The number of ether oxygens (including phenoxy) is 1. The maximum Gasteiger partial charge on any atom is 0.261 e. The minimum absolute atomic E-state index is 0.123. The standard InChI is InChI=1S/C13H18N4O2S/c1-3-17-4-5-18-10(7-17)12-15-13(19-16-12)9-6-8(2)20-11(9)14/h6,10H,3-5,7,14H2,1-2H3. The van der Waals surface area contributed by atoms with Crippen LogP contribution in [0.1, 0.15) is 23.7 Å². The summed E-state index contributed by atoms with van der Waals surface area (Å²) >= 11 is 1.52. The molecule has 1 atom stereocenters. The van der Waals surface area contributed by atoms with Gasteiger partial charge in [-0.05, 0) is 19.5 Å². The number of thiophene rings is 1. The van der Waals surface area contributed by atoms with Crippen LogP contribution in [0.2, 0.25) is 0 Å². The summed E-state index contributed by atoms with van der Waals surface area (Å²) in [7, 11) is 0. The molecule has 0 saturated carbocycles.